The van der Waals surface area contributed by atoms with Crippen LogP contribution in [-0.2, 0) is 4.79 Å². The fourth-order valence-electron chi connectivity index (χ4n) is 2.03. The lowest BCUT2D eigenvalue weighted by molar-refractivity contribution is -0.116. The van der Waals surface area contributed by atoms with Crippen molar-refractivity contribution in [3.63, 3.8) is 0 Å². The van der Waals surface area contributed by atoms with E-state index in [1.54, 1.807) is 0 Å². The lowest BCUT2D eigenvalue weighted by Crippen LogP contribution is -2.15. The maximum atomic E-state index is 11.8. The molecule has 0 saturated heterocycles. The second kappa shape index (κ2) is 5.37. The van der Waals surface area contributed by atoms with Crippen molar-refractivity contribution in [2.75, 3.05) is 5.32 Å². The van der Waals surface area contributed by atoms with Crippen LogP contribution >= 0.6 is 11.6 Å². The monoisotopic (exact) mass is 249 g/mol. The average molecular weight is 250 g/mol. The number of allylic oxidation sites excluding steroid dienone is 2. The van der Waals surface area contributed by atoms with Crippen molar-refractivity contribution in [1.82, 2.24) is 0 Å². The van der Waals surface area contributed by atoms with E-state index in [4.69, 9.17) is 11.6 Å². The van der Waals surface area contributed by atoms with Crippen molar-refractivity contribution in [2.45, 2.75) is 26.2 Å². The number of amides is 1. The van der Waals surface area contributed by atoms with Crippen LogP contribution in [0.15, 0.2) is 30.4 Å². The van der Waals surface area contributed by atoms with Crippen molar-refractivity contribution in [3.05, 3.63) is 40.9 Å². The zero-order valence-electron chi connectivity index (χ0n) is 9.87. The smallest absolute Gasteiger partial charge is 0.225 e. The van der Waals surface area contributed by atoms with Crippen molar-refractivity contribution >= 4 is 23.2 Å². The van der Waals surface area contributed by atoms with Crippen LogP contribution in [0, 0.1) is 12.8 Å². The number of anilines is 1. The highest BCUT2D eigenvalue weighted by molar-refractivity contribution is 6.33. The number of hydrogen-bond acceptors (Lipinski definition) is 1. The first-order valence-electron chi connectivity index (χ1n) is 5.88. The Hall–Kier alpha value is -1.28. The molecule has 0 saturated carbocycles. The molecular formula is C14H16ClNO. The summed E-state index contributed by atoms with van der Waals surface area (Å²) in [5.41, 5.74) is 1.79. The fraction of sp³-hybridized carbons (Fsp3) is 0.357. The number of aryl methyl sites for hydroxylation is 1. The highest BCUT2D eigenvalue weighted by Crippen LogP contribution is 2.25. The predicted octanol–water partition coefficient (Wildman–Crippen LogP) is 3.94. The van der Waals surface area contributed by atoms with Crippen LogP contribution in [0.25, 0.3) is 0 Å². The van der Waals surface area contributed by atoms with Crippen LogP contribution in [0.4, 0.5) is 5.69 Å². The van der Waals surface area contributed by atoms with Gasteiger partial charge >= 0.3 is 0 Å². The van der Waals surface area contributed by atoms with Crippen molar-refractivity contribution < 1.29 is 4.79 Å². The zero-order chi connectivity index (χ0) is 12.3. The van der Waals surface area contributed by atoms with Gasteiger partial charge in [0.2, 0.25) is 5.91 Å². The average Bonchev–Trinajstić information content (AvgIpc) is 2.75. The van der Waals surface area contributed by atoms with Gasteiger partial charge in [0.25, 0.3) is 0 Å². The summed E-state index contributed by atoms with van der Waals surface area (Å²) >= 11 is 6.06. The summed E-state index contributed by atoms with van der Waals surface area (Å²) in [5, 5.41) is 3.46. The second-order valence-electron chi connectivity index (χ2n) is 4.50. The molecule has 1 amide bonds. The predicted molar refractivity (Wildman–Crippen MR) is 71.3 cm³/mol. The van der Waals surface area contributed by atoms with Crippen molar-refractivity contribution in [1.29, 1.82) is 0 Å². The number of rotatable bonds is 3. The zero-order valence-corrected chi connectivity index (χ0v) is 10.6. The van der Waals surface area contributed by atoms with E-state index in [0.717, 1.165) is 18.4 Å². The van der Waals surface area contributed by atoms with E-state index < -0.39 is 0 Å². The molecule has 17 heavy (non-hydrogen) atoms. The summed E-state index contributed by atoms with van der Waals surface area (Å²) in [6.07, 6.45) is 6.96. The Bertz CT molecular complexity index is 454. The number of halogens is 1. The van der Waals surface area contributed by atoms with E-state index in [9.17, 15) is 4.79 Å². The van der Waals surface area contributed by atoms with Crippen LogP contribution in [-0.4, -0.2) is 5.91 Å². The van der Waals surface area contributed by atoms with E-state index >= 15 is 0 Å². The third-order valence-corrected chi connectivity index (χ3v) is 3.27. The summed E-state index contributed by atoms with van der Waals surface area (Å²) < 4.78 is 0. The molecule has 0 aromatic heterocycles. The van der Waals surface area contributed by atoms with Gasteiger partial charge in [-0.05, 0) is 43.4 Å². The van der Waals surface area contributed by atoms with Gasteiger partial charge in [-0.25, -0.2) is 0 Å². The molecule has 0 spiro atoms. The first-order valence-corrected chi connectivity index (χ1v) is 6.25. The van der Waals surface area contributed by atoms with Gasteiger partial charge in [-0.3, -0.25) is 4.79 Å². The molecule has 0 aliphatic heterocycles. The summed E-state index contributed by atoms with van der Waals surface area (Å²) in [7, 11) is 0. The van der Waals surface area contributed by atoms with Gasteiger partial charge in [0.05, 0.1) is 10.7 Å². The third kappa shape index (κ3) is 3.34. The highest BCUT2D eigenvalue weighted by atomic mass is 35.5. The van der Waals surface area contributed by atoms with E-state index in [2.05, 4.69) is 17.5 Å². The maximum Gasteiger partial charge on any atom is 0.225 e. The lowest BCUT2D eigenvalue weighted by atomic mass is 10.1. The Morgan fingerprint density at radius 3 is 3.00 bits per heavy atom. The molecule has 0 radical (unpaired) electrons. The normalized spacial score (nSPS) is 18.4. The van der Waals surface area contributed by atoms with Gasteiger partial charge < -0.3 is 5.32 Å². The number of hydrogen-bond donors (Lipinski definition) is 1. The topological polar surface area (TPSA) is 29.1 Å². The van der Waals surface area contributed by atoms with Gasteiger partial charge in [0.15, 0.2) is 0 Å². The Morgan fingerprint density at radius 2 is 2.35 bits per heavy atom. The second-order valence-corrected chi connectivity index (χ2v) is 4.91. The first kappa shape index (κ1) is 12.2. The molecule has 3 heteroatoms. The molecule has 90 valence electrons. The van der Waals surface area contributed by atoms with E-state index in [-0.39, 0.29) is 5.91 Å². The van der Waals surface area contributed by atoms with Gasteiger partial charge in [-0.2, -0.15) is 0 Å². The van der Waals surface area contributed by atoms with Crippen LogP contribution in [0.2, 0.25) is 5.02 Å². The molecular weight excluding hydrogens is 234 g/mol. The molecule has 2 nitrogen and oxygen atoms in total. The van der Waals surface area contributed by atoms with E-state index in [1.807, 2.05) is 25.1 Å². The lowest BCUT2D eigenvalue weighted by Gasteiger charge is -2.10. The van der Waals surface area contributed by atoms with Crippen LogP contribution in [0.1, 0.15) is 24.8 Å². The molecule has 0 bridgehead atoms. The number of nitrogens with one attached hydrogen (secondary N) is 1. The number of benzene rings is 1. The first-order chi connectivity index (χ1) is 8.15. The summed E-state index contributed by atoms with van der Waals surface area (Å²) in [6, 6.07) is 5.64. The Morgan fingerprint density at radius 1 is 1.53 bits per heavy atom. The Kier molecular flexibility index (Phi) is 3.85. The molecule has 0 heterocycles. The summed E-state index contributed by atoms with van der Waals surface area (Å²) in [5.74, 6) is 0.423. The largest absolute Gasteiger partial charge is 0.325 e. The number of carbonyl (C=O) groups excluding carboxylic acids is 1. The molecule has 1 aromatic rings. The van der Waals surface area contributed by atoms with Crippen LogP contribution in [0.3, 0.4) is 0 Å². The van der Waals surface area contributed by atoms with Gasteiger partial charge in [-0.1, -0.05) is 29.8 Å². The molecule has 0 unspecified atom stereocenters. The van der Waals surface area contributed by atoms with Crippen LogP contribution < -0.4 is 5.32 Å². The van der Waals surface area contributed by atoms with Gasteiger partial charge in [-0.15, -0.1) is 0 Å². The Labute approximate surface area is 107 Å². The van der Waals surface area contributed by atoms with E-state index in [0.29, 0.717) is 23.0 Å². The number of carbonyl (C=O) groups is 1. The minimum Gasteiger partial charge on any atom is -0.325 e. The third-order valence-electron chi connectivity index (χ3n) is 2.96. The fourth-order valence-corrected chi connectivity index (χ4v) is 2.31. The quantitative estimate of drug-likeness (QED) is 0.808. The molecule has 1 atom stereocenters. The molecule has 1 aromatic carbocycles. The maximum absolute atomic E-state index is 11.8. The van der Waals surface area contributed by atoms with Gasteiger partial charge in [0.1, 0.15) is 0 Å². The molecule has 2 rings (SSSR count). The standard InChI is InChI=1S/C14H16ClNO/c1-10-6-7-13(12(15)8-10)16-14(17)9-11-4-2-3-5-11/h2,4,6-8,11H,3,5,9H2,1H3,(H,16,17)/t11-/m0/s1. The summed E-state index contributed by atoms with van der Waals surface area (Å²) in [6.45, 7) is 1.97. The minimum absolute atomic E-state index is 0.0345. The molecule has 1 aliphatic carbocycles. The molecule has 1 N–H and O–H groups in total. The van der Waals surface area contributed by atoms with Gasteiger partial charge in [0, 0.05) is 6.42 Å². The van der Waals surface area contributed by atoms with Crippen molar-refractivity contribution in [2.24, 2.45) is 5.92 Å². The van der Waals surface area contributed by atoms with E-state index in [1.165, 1.54) is 0 Å². The van der Waals surface area contributed by atoms with Crippen LogP contribution in [0.5, 0.6) is 0 Å². The summed E-state index contributed by atoms with van der Waals surface area (Å²) in [4.78, 5) is 11.8. The molecule has 1 aliphatic rings. The SMILES string of the molecule is Cc1ccc(NC(=O)C[C@H]2C=CCC2)c(Cl)c1. The van der Waals surface area contributed by atoms with Crippen molar-refractivity contribution in [3.8, 4) is 0 Å². The molecule has 0 fully saturated rings. The highest BCUT2D eigenvalue weighted by Gasteiger charge is 2.14. The minimum atomic E-state index is 0.0345. The Balaban J connectivity index is 1.95.